The van der Waals surface area contributed by atoms with Crippen LogP contribution in [0.5, 0.6) is 0 Å². The Kier molecular flexibility index (Phi) is 5.23. The molecule has 1 heterocycles. The minimum atomic E-state index is -3.77. The molecule has 1 aromatic heterocycles. The van der Waals surface area contributed by atoms with E-state index in [0.717, 1.165) is 5.56 Å². The summed E-state index contributed by atoms with van der Waals surface area (Å²) in [5.74, 6) is 0. The lowest BCUT2D eigenvalue weighted by Crippen LogP contribution is -2.38. The molecule has 9 heteroatoms. The van der Waals surface area contributed by atoms with Gasteiger partial charge in [0, 0.05) is 11.1 Å². The quantitative estimate of drug-likeness (QED) is 0.674. The zero-order valence-electron chi connectivity index (χ0n) is 14.5. The van der Waals surface area contributed by atoms with Gasteiger partial charge < -0.3 is 4.98 Å². The van der Waals surface area contributed by atoms with Crippen LogP contribution in [0.4, 0.5) is 0 Å². The van der Waals surface area contributed by atoms with E-state index in [2.05, 4.69) is 4.98 Å². The molecule has 7 nitrogen and oxygen atoms in total. The Morgan fingerprint density at radius 3 is 2.41 bits per heavy atom. The van der Waals surface area contributed by atoms with E-state index in [-0.39, 0.29) is 4.90 Å². The van der Waals surface area contributed by atoms with E-state index in [9.17, 15) is 18.0 Å². The summed E-state index contributed by atoms with van der Waals surface area (Å²) in [4.78, 5) is 28.1. The number of halogens is 1. The minimum Gasteiger partial charge on any atom is -0.307 e. The Bertz CT molecular complexity index is 1210. The van der Waals surface area contributed by atoms with E-state index >= 15 is 0 Å². The van der Waals surface area contributed by atoms with Gasteiger partial charge in [-0.2, -0.15) is 0 Å². The molecule has 1 unspecified atom stereocenters. The van der Waals surface area contributed by atoms with Crippen LogP contribution in [-0.4, -0.2) is 18.0 Å². The summed E-state index contributed by atoms with van der Waals surface area (Å²) in [5.41, 5.74) is 0.303. The smallest absolute Gasteiger partial charge is 0.307 e. The van der Waals surface area contributed by atoms with Crippen LogP contribution in [0.25, 0.3) is 10.9 Å². The number of primary sulfonamides is 1. The van der Waals surface area contributed by atoms with E-state index < -0.39 is 27.3 Å². The Balaban J connectivity index is 2.03. The van der Waals surface area contributed by atoms with E-state index in [1.165, 1.54) is 22.8 Å². The van der Waals surface area contributed by atoms with E-state index in [4.69, 9.17) is 16.7 Å². The topological polar surface area (TPSA) is 115 Å². The molecule has 142 valence electrons. The summed E-state index contributed by atoms with van der Waals surface area (Å²) in [6.45, 7) is 1.87. The van der Waals surface area contributed by atoms with Crippen molar-refractivity contribution in [2.75, 3.05) is 0 Å². The second-order valence-electron chi connectivity index (χ2n) is 6.25. The molecule has 0 aliphatic rings. The largest absolute Gasteiger partial charge is 0.329 e. The van der Waals surface area contributed by atoms with Crippen LogP contribution in [-0.2, 0) is 16.4 Å². The van der Waals surface area contributed by atoms with Gasteiger partial charge in [-0.25, -0.2) is 18.4 Å². The predicted molar refractivity (Wildman–Crippen MR) is 105 cm³/mol. The van der Waals surface area contributed by atoms with Gasteiger partial charge in [-0.05, 0) is 48.7 Å². The average molecular weight is 408 g/mol. The molecule has 3 aromatic rings. The Morgan fingerprint density at radius 2 is 1.81 bits per heavy atom. The lowest BCUT2D eigenvalue weighted by atomic mass is 10.0. The first-order valence-electron chi connectivity index (χ1n) is 8.26. The van der Waals surface area contributed by atoms with Gasteiger partial charge >= 0.3 is 5.69 Å². The van der Waals surface area contributed by atoms with E-state index in [1.54, 1.807) is 24.3 Å². The fourth-order valence-corrected chi connectivity index (χ4v) is 3.72. The SMILES string of the molecule is CCC(Cc1ccc(S(N)(=O)=O)cc1)n1c(=O)[nH]c2ccc(Cl)cc2c1=O. The lowest BCUT2D eigenvalue weighted by molar-refractivity contribution is 0.453. The summed E-state index contributed by atoms with van der Waals surface area (Å²) in [6, 6.07) is 10.4. The number of sulfonamides is 1. The molecule has 0 aliphatic heterocycles. The lowest BCUT2D eigenvalue weighted by Gasteiger charge is -2.18. The number of benzene rings is 2. The highest BCUT2D eigenvalue weighted by Crippen LogP contribution is 2.19. The van der Waals surface area contributed by atoms with Gasteiger partial charge in [-0.15, -0.1) is 0 Å². The number of rotatable bonds is 5. The fraction of sp³-hybridized carbons (Fsp3) is 0.222. The van der Waals surface area contributed by atoms with Crippen LogP contribution < -0.4 is 16.4 Å². The van der Waals surface area contributed by atoms with Crippen molar-refractivity contribution < 1.29 is 8.42 Å². The molecule has 0 fully saturated rings. The van der Waals surface area contributed by atoms with Gasteiger partial charge in [0.05, 0.1) is 15.8 Å². The molecule has 2 aromatic carbocycles. The third-order valence-electron chi connectivity index (χ3n) is 4.45. The van der Waals surface area contributed by atoms with Gasteiger partial charge in [-0.3, -0.25) is 9.36 Å². The Hall–Kier alpha value is -2.42. The van der Waals surface area contributed by atoms with Crippen molar-refractivity contribution in [3.05, 3.63) is 73.9 Å². The van der Waals surface area contributed by atoms with Crippen molar-refractivity contribution in [1.82, 2.24) is 9.55 Å². The van der Waals surface area contributed by atoms with Crippen LogP contribution in [0.2, 0.25) is 5.02 Å². The van der Waals surface area contributed by atoms with Crippen molar-refractivity contribution in [2.45, 2.75) is 30.7 Å². The van der Waals surface area contributed by atoms with Crippen molar-refractivity contribution in [3.63, 3.8) is 0 Å². The number of fused-ring (bicyclic) bond motifs is 1. The summed E-state index contributed by atoms with van der Waals surface area (Å²) in [5, 5.41) is 5.85. The van der Waals surface area contributed by atoms with Crippen LogP contribution >= 0.6 is 11.6 Å². The molecule has 0 saturated carbocycles. The van der Waals surface area contributed by atoms with Crippen molar-refractivity contribution in [3.8, 4) is 0 Å². The maximum atomic E-state index is 12.9. The molecule has 0 radical (unpaired) electrons. The summed E-state index contributed by atoms with van der Waals surface area (Å²) < 4.78 is 23.9. The van der Waals surface area contributed by atoms with Crippen molar-refractivity contribution in [1.29, 1.82) is 0 Å². The van der Waals surface area contributed by atoms with Crippen LogP contribution in [0.1, 0.15) is 24.9 Å². The molecule has 0 saturated heterocycles. The number of nitrogens with one attached hydrogen (secondary N) is 1. The molecule has 0 amide bonds. The third kappa shape index (κ3) is 3.97. The van der Waals surface area contributed by atoms with Gasteiger partial charge in [0.1, 0.15) is 0 Å². The molecule has 1 atom stereocenters. The number of nitrogens with two attached hydrogens (primary N) is 1. The van der Waals surface area contributed by atoms with Crippen LogP contribution in [0.3, 0.4) is 0 Å². The molecular weight excluding hydrogens is 390 g/mol. The third-order valence-corrected chi connectivity index (χ3v) is 5.62. The van der Waals surface area contributed by atoms with Crippen LogP contribution in [0.15, 0.2) is 56.9 Å². The fourth-order valence-electron chi connectivity index (χ4n) is 3.04. The summed E-state index contributed by atoms with van der Waals surface area (Å²) in [7, 11) is -3.77. The maximum absolute atomic E-state index is 12.9. The summed E-state index contributed by atoms with van der Waals surface area (Å²) in [6.07, 6.45) is 0.919. The van der Waals surface area contributed by atoms with Crippen molar-refractivity contribution >= 4 is 32.5 Å². The van der Waals surface area contributed by atoms with Gasteiger partial charge in [-0.1, -0.05) is 30.7 Å². The molecule has 0 bridgehead atoms. The van der Waals surface area contributed by atoms with Crippen LogP contribution in [0, 0.1) is 0 Å². The maximum Gasteiger partial charge on any atom is 0.329 e. The highest BCUT2D eigenvalue weighted by Gasteiger charge is 2.17. The van der Waals surface area contributed by atoms with E-state index in [1.807, 2.05) is 6.92 Å². The van der Waals surface area contributed by atoms with Gasteiger partial charge in [0.25, 0.3) is 5.56 Å². The second kappa shape index (κ2) is 7.30. The Morgan fingerprint density at radius 1 is 1.15 bits per heavy atom. The van der Waals surface area contributed by atoms with Gasteiger partial charge in [0.2, 0.25) is 10.0 Å². The molecule has 0 aliphatic carbocycles. The number of nitrogens with zero attached hydrogens (tertiary/aromatic N) is 1. The first-order valence-corrected chi connectivity index (χ1v) is 10.2. The highest BCUT2D eigenvalue weighted by molar-refractivity contribution is 7.89. The molecule has 3 N–H and O–H groups in total. The zero-order chi connectivity index (χ0) is 19.8. The first-order chi connectivity index (χ1) is 12.7. The summed E-state index contributed by atoms with van der Waals surface area (Å²) >= 11 is 5.98. The second-order valence-corrected chi connectivity index (χ2v) is 8.25. The van der Waals surface area contributed by atoms with Crippen molar-refractivity contribution in [2.24, 2.45) is 5.14 Å². The zero-order valence-corrected chi connectivity index (χ0v) is 16.0. The molecule has 0 spiro atoms. The number of aromatic nitrogens is 2. The number of hydrogen-bond acceptors (Lipinski definition) is 4. The number of hydrogen-bond donors (Lipinski definition) is 2. The molecule has 27 heavy (non-hydrogen) atoms. The minimum absolute atomic E-state index is 0.00894. The van der Waals surface area contributed by atoms with E-state index in [0.29, 0.717) is 28.8 Å². The monoisotopic (exact) mass is 407 g/mol. The highest BCUT2D eigenvalue weighted by atomic mass is 35.5. The van der Waals surface area contributed by atoms with Gasteiger partial charge in [0.15, 0.2) is 0 Å². The number of aromatic amines is 1. The molecule has 3 rings (SSSR count). The molecular formula is C18H18ClN3O4S. The Labute approximate surface area is 160 Å². The predicted octanol–water partition coefficient (Wildman–Crippen LogP) is 2.18. The standard InChI is InChI=1S/C18H18ClN3O4S/c1-2-13(9-11-3-6-14(7-4-11)27(20,25)26)22-17(23)15-10-12(19)5-8-16(15)21-18(22)24/h3-8,10,13H,2,9H2,1H3,(H,21,24)(H2,20,25,26). The normalized spacial score (nSPS) is 13.0. The number of H-pyrrole nitrogens is 1. The first kappa shape index (κ1) is 19.3. The average Bonchev–Trinajstić information content (AvgIpc) is 2.61.